The molecule has 23 heavy (non-hydrogen) atoms. The molecule has 0 atom stereocenters. The quantitative estimate of drug-likeness (QED) is 0.714. The first-order valence-corrected chi connectivity index (χ1v) is 6.93. The zero-order valence-corrected chi connectivity index (χ0v) is 12.0. The molecule has 3 rings (SSSR count). The Morgan fingerprint density at radius 2 is 1.48 bits per heavy atom. The average molecular weight is 307 g/mol. The zero-order chi connectivity index (χ0) is 16.2. The number of hydrogen-bond donors (Lipinski definition) is 2. The van der Waals surface area contributed by atoms with E-state index in [0.29, 0.717) is 5.56 Å². The lowest BCUT2D eigenvalue weighted by molar-refractivity contribution is 0.0227. The number of nitrogens with one attached hydrogen (secondary N) is 1. The minimum absolute atomic E-state index is 0.0166. The van der Waals surface area contributed by atoms with Gasteiger partial charge in [-0.15, -0.1) is 0 Å². The molecule has 0 bridgehead atoms. The second-order valence-electron chi connectivity index (χ2n) is 4.90. The Labute approximate surface area is 132 Å². The van der Waals surface area contributed by atoms with Gasteiger partial charge < -0.3 is 9.94 Å². The van der Waals surface area contributed by atoms with Gasteiger partial charge in [-0.05, 0) is 35.0 Å². The number of phenolic OH excluding ortho intramolecular Hbond substituents is 1. The van der Waals surface area contributed by atoms with Gasteiger partial charge in [0.1, 0.15) is 11.3 Å². The summed E-state index contributed by atoms with van der Waals surface area (Å²) in [5.41, 5.74) is 2.42. The topological polar surface area (TPSA) is 75.6 Å². The molecule has 0 aromatic heterocycles. The Kier molecular flexibility index (Phi) is 3.93. The highest BCUT2D eigenvalue weighted by atomic mass is 16.7. The lowest BCUT2D eigenvalue weighted by atomic mass is 10.1. The standard InChI is InChI=1S/C18H13NO4/c20-16-11-14-9-5-4-8-13(14)10-15(16)18(22)23-19-17(21)12-6-2-1-3-7-12/h1-11,20H,(H,19,21). The minimum atomic E-state index is -0.836. The molecule has 114 valence electrons. The lowest BCUT2D eigenvalue weighted by Gasteiger charge is -2.08. The normalized spacial score (nSPS) is 10.3. The molecule has 0 heterocycles. The third-order valence-corrected chi connectivity index (χ3v) is 3.36. The zero-order valence-electron chi connectivity index (χ0n) is 12.0. The summed E-state index contributed by atoms with van der Waals surface area (Å²) >= 11 is 0. The van der Waals surface area contributed by atoms with Crippen molar-refractivity contribution in [2.24, 2.45) is 0 Å². The Hall–Kier alpha value is -3.34. The van der Waals surface area contributed by atoms with Crippen molar-refractivity contribution < 1.29 is 19.5 Å². The van der Waals surface area contributed by atoms with Gasteiger partial charge in [0.05, 0.1) is 0 Å². The van der Waals surface area contributed by atoms with Crippen molar-refractivity contribution >= 4 is 22.6 Å². The first-order valence-electron chi connectivity index (χ1n) is 6.93. The summed E-state index contributed by atoms with van der Waals surface area (Å²) in [5.74, 6) is -1.58. The van der Waals surface area contributed by atoms with Gasteiger partial charge in [-0.1, -0.05) is 42.5 Å². The third-order valence-electron chi connectivity index (χ3n) is 3.36. The van der Waals surface area contributed by atoms with Crippen molar-refractivity contribution in [3.05, 3.63) is 77.9 Å². The molecule has 0 aliphatic carbocycles. The van der Waals surface area contributed by atoms with Crippen LogP contribution in [0, 0.1) is 0 Å². The van der Waals surface area contributed by atoms with E-state index < -0.39 is 11.9 Å². The van der Waals surface area contributed by atoms with Crippen LogP contribution < -0.4 is 5.48 Å². The number of hydroxylamine groups is 1. The number of amides is 1. The highest BCUT2D eigenvalue weighted by Crippen LogP contribution is 2.25. The van der Waals surface area contributed by atoms with Crippen molar-refractivity contribution in [3.63, 3.8) is 0 Å². The van der Waals surface area contributed by atoms with E-state index in [2.05, 4.69) is 5.48 Å². The van der Waals surface area contributed by atoms with Gasteiger partial charge in [0, 0.05) is 5.56 Å². The fraction of sp³-hybridized carbons (Fsp3) is 0. The third kappa shape index (κ3) is 3.13. The molecule has 3 aromatic carbocycles. The van der Waals surface area contributed by atoms with E-state index in [1.165, 1.54) is 12.1 Å². The maximum absolute atomic E-state index is 12.0. The number of hydrogen-bond acceptors (Lipinski definition) is 4. The van der Waals surface area contributed by atoms with Crippen LogP contribution in [0.2, 0.25) is 0 Å². The predicted octanol–water partition coefficient (Wildman–Crippen LogP) is 3.05. The molecule has 0 spiro atoms. The number of carbonyl (C=O) groups is 2. The number of fused-ring (bicyclic) bond motifs is 1. The highest BCUT2D eigenvalue weighted by Gasteiger charge is 2.16. The molecular weight excluding hydrogens is 294 g/mol. The van der Waals surface area contributed by atoms with Crippen LogP contribution >= 0.6 is 0 Å². The second kappa shape index (κ2) is 6.19. The van der Waals surface area contributed by atoms with Crippen LogP contribution in [0.25, 0.3) is 10.8 Å². The molecule has 1 amide bonds. The summed E-state index contributed by atoms with van der Waals surface area (Å²) in [7, 11) is 0. The molecule has 0 radical (unpaired) electrons. The molecule has 5 nitrogen and oxygen atoms in total. The predicted molar refractivity (Wildman–Crippen MR) is 84.9 cm³/mol. The Balaban J connectivity index is 1.76. The monoisotopic (exact) mass is 307 g/mol. The summed E-state index contributed by atoms with van der Waals surface area (Å²) in [6, 6.07) is 18.6. The van der Waals surface area contributed by atoms with Gasteiger partial charge in [-0.3, -0.25) is 4.79 Å². The van der Waals surface area contributed by atoms with Crippen LogP contribution in [-0.4, -0.2) is 17.0 Å². The maximum atomic E-state index is 12.0. The molecule has 0 saturated heterocycles. The van der Waals surface area contributed by atoms with Crippen LogP contribution in [0.4, 0.5) is 0 Å². The number of carbonyl (C=O) groups excluding carboxylic acids is 2. The van der Waals surface area contributed by atoms with Crippen LogP contribution in [-0.2, 0) is 4.84 Å². The molecule has 5 heteroatoms. The van der Waals surface area contributed by atoms with Crippen molar-refractivity contribution in [2.45, 2.75) is 0 Å². The van der Waals surface area contributed by atoms with Crippen LogP contribution in [0.1, 0.15) is 20.7 Å². The maximum Gasteiger partial charge on any atom is 0.366 e. The molecule has 0 unspecified atom stereocenters. The molecule has 2 N–H and O–H groups in total. The lowest BCUT2D eigenvalue weighted by Crippen LogP contribution is -2.27. The van der Waals surface area contributed by atoms with Gasteiger partial charge in [0.25, 0.3) is 5.91 Å². The van der Waals surface area contributed by atoms with E-state index in [0.717, 1.165) is 10.8 Å². The summed E-state index contributed by atoms with van der Waals surface area (Å²) in [5, 5.41) is 11.5. The highest BCUT2D eigenvalue weighted by molar-refractivity contribution is 6.00. The van der Waals surface area contributed by atoms with Gasteiger partial charge in [-0.2, -0.15) is 5.48 Å². The van der Waals surface area contributed by atoms with Crippen molar-refractivity contribution in [1.29, 1.82) is 0 Å². The average Bonchev–Trinajstić information content (AvgIpc) is 2.59. The smallest absolute Gasteiger partial charge is 0.366 e. The summed E-state index contributed by atoms with van der Waals surface area (Å²) in [6.45, 7) is 0. The first-order chi connectivity index (χ1) is 11.1. The van der Waals surface area contributed by atoms with Crippen molar-refractivity contribution in [3.8, 4) is 5.75 Å². The van der Waals surface area contributed by atoms with E-state index >= 15 is 0 Å². The van der Waals surface area contributed by atoms with Gasteiger partial charge >= 0.3 is 5.97 Å². The largest absolute Gasteiger partial charge is 0.507 e. The molecule has 0 fully saturated rings. The van der Waals surface area contributed by atoms with E-state index in [-0.39, 0.29) is 11.3 Å². The van der Waals surface area contributed by atoms with Gasteiger partial charge in [0.15, 0.2) is 0 Å². The van der Waals surface area contributed by atoms with E-state index in [1.807, 2.05) is 24.3 Å². The summed E-state index contributed by atoms with van der Waals surface area (Å²) < 4.78 is 0. The SMILES string of the molecule is O=C(NOC(=O)c1cc2ccccc2cc1O)c1ccccc1. The number of aromatic hydroxyl groups is 1. The fourth-order valence-electron chi connectivity index (χ4n) is 2.19. The van der Waals surface area contributed by atoms with Crippen LogP contribution in [0.3, 0.4) is 0 Å². The Bertz CT molecular complexity index is 875. The van der Waals surface area contributed by atoms with E-state index in [9.17, 15) is 14.7 Å². The molecular formula is C18H13NO4. The first kappa shape index (κ1) is 14.6. The minimum Gasteiger partial charge on any atom is -0.507 e. The number of rotatable bonds is 2. The molecule has 0 aliphatic heterocycles. The second-order valence-corrected chi connectivity index (χ2v) is 4.90. The van der Waals surface area contributed by atoms with E-state index in [4.69, 9.17) is 4.84 Å². The number of phenols is 1. The summed E-state index contributed by atoms with van der Waals surface area (Å²) in [4.78, 5) is 28.7. The number of benzene rings is 3. The molecule has 0 saturated carbocycles. The summed E-state index contributed by atoms with van der Waals surface area (Å²) in [6.07, 6.45) is 0. The van der Waals surface area contributed by atoms with Crippen LogP contribution in [0.5, 0.6) is 5.75 Å². The van der Waals surface area contributed by atoms with Crippen molar-refractivity contribution in [1.82, 2.24) is 5.48 Å². The van der Waals surface area contributed by atoms with Crippen LogP contribution in [0.15, 0.2) is 66.7 Å². The van der Waals surface area contributed by atoms with E-state index in [1.54, 1.807) is 30.3 Å². The van der Waals surface area contributed by atoms with Crippen molar-refractivity contribution in [2.75, 3.05) is 0 Å². The Morgan fingerprint density at radius 1 is 0.870 bits per heavy atom. The Morgan fingerprint density at radius 3 is 2.17 bits per heavy atom. The fourth-order valence-corrected chi connectivity index (χ4v) is 2.19. The van der Waals surface area contributed by atoms with Gasteiger partial charge in [0.2, 0.25) is 0 Å². The molecule has 3 aromatic rings. The molecule has 0 aliphatic rings. The van der Waals surface area contributed by atoms with Gasteiger partial charge in [-0.25, -0.2) is 4.79 Å².